The quantitative estimate of drug-likeness (QED) is 0.156. The summed E-state index contributed by atoms with van der Waals surface area (Å²) in [6.45, 7) is 15.2. The molecule has 4 atom stereocenters. The third kappa shape index (κ3) is 12.0. The van der Waals surface area contributed by atoms with Crippen molar-refractivity contribution in [3.63, 3.8) is 0 Å². The molecule has 0 aliphatic carbocycles. The third-order valence-corrected chi connectivity index (χ3v) is 2.51. The number of hydrogen-bond acceptors (Lipinski definition) is 11. The molecule has 0 rings (SSSR count). The lowest BCUT2D eigenvalue weighted by atomic mass is 10.4. The third-order valence-electron chi connectivity index (χ3n) is 2.51. The molecular weight excluding hydrogens is 380 g/mol. The van der Waals surface area contributed by atoms with E-state index in [2.05, 4.69) is 32.7 Å². The van der Waals surface area contributed by atoms with Gasteiger partial charge in [-0.15, -0.1) is 0 Å². The number of carbonyl (C=O) groups is 3. The first-order valence-electron chi connectivity index (χ1n) is 8.16. The zero-order valence-corrected chi connectivity index (χ0v) is 16.7. The summed E-state index contributed by atoms with van der Waals surface area (Å²) >= 11 is 0. The molecular formula is C17H26O11. The van der Waals surface area contributed by atoms with Crippen molar-refractivity contribution in [3.8, 4) is 0 Å². The second-order valence-electron chi connectivity index (χ2n) is 5.52. The highest BCUT2D eigenvalue weighted by Gasteiger charge is 2.20. The lowest BCUT2D eigenvalue weighted by Gasteiger charge is -2.20. The fourth-order valence-corrected chi connectivity index (χ4v) is 1.30. The summed E-state index contributed by atoms with van der Waals surface area (Å²) < 4.78 is 19.9. The van der Waals surface area contributed by atoms with Crippen molar-refractivity contribution in [2.24, 2.45) is 0 Å². The van der Waals surface area contributed by atoms with Crippen LogP contribution in [0.25, 0.3) is 0 Å². The van der Waals surface area contributed by atoms with Gasteiger partial charge < -0.3 is 18.9 Å². The minimum absolute atomic E-state index is 0.140. The van der Waals surface area contributed by atoms with Gasteiger partial charge in [0.2, 0.25) is 25.2 Å². The van der Waals surface area contributed by atoms with E-state index < -0.39 is 43.3 Å². The number of ether oxygens (including phenoxy) is 4. The van der Waals surface area contributed by atoms with Gasteiger partial charge in [-0.05, 0) is 41.5 Å². The van der Waals surface area contributed by atoms with Crippen molar-refractivity contribution >= 4 is 18.1 Å². The van der Waals surface area contributed by atoms with Crippen LogP contribution in [0.3, 0.4) is 0 Å². The summed E-state index contributed by atoms with van der Waals surface area (Å²) in [5.41, 5.74) is 0.281. The molecule has 0 bridgehead atoms. The Kier molecular flexibility index (Phi) is 11.7. The van der Waals surface area contributed by atoms with E-state index in [0.29, 0.717) is 0 Å². The monoisotopic (exact) mass is 406 g/mol. The Bertz CT molecular complexity index is 523. The van der Waals surface area contributed by atoms with Crippen molar-refractivity contribution in [2.75, 3.05) is 0 Å². The summed E-state index contributed by atoms with van der Waals surface area (Å²) in [6, 6.07) is 0. The molecule has 11 heteroatoms. The van der Waals surface area contributed by atoms with Crippen LogP contribution in [0.15, 0.2) is 24.3 Å². The van der Waals surface area contributed by atoms with E-state index in [1.807, 2.05) is 0 Å². The second kappa shape index (κ2) is 12.8. The van der Waals surface area contributed by atoms with Crippen LogP contribution in [-0.2, 0) is 48.1 Å². The highest BCUT2D eigenvalue weighted by molar-refractivity contribution is 5.86. The second-order valence-corrected chi connectivity index (χ2v) is 5.52. The number of rotatable bonds is 12. The first-order chi connectivity index (χ1) is 12.9. The molecule has 0 N–H and O–H groups in total. The largest absolute Gasteiger partial charge is 0.512 e. The normalized spacial score (nSPS) is 14.8. The molecule has 0 aromatic heterocycles. The Morgan fingerprint density at radius 3 is 1.25 bits per heavy atom. The van der Waals surface area contributed by atoms with Gasteiger partial charge in [-0.25, -0.2) is 14.4 Å². The van der Waals surface area contributed by atoms with E-state index in [-0.39, 0.29) is 11.1 Å². The topological polar surface area (TPSA) is 125 Å². The van der Waals surface area contributed by atoms with E-state index in [0.717, 1.165) is 0 Å². The fourth-order valence-electron chi connectivity index (χ4n) is 1.30. The molecule has 0 aliphatic rings. The van der Waals surface area contributed by atoms with Crippen LogP contribution >= 0.6 is 0 Å². The van der Waals surface area contributed by atoms with Gasteiger partial charge in [0.1, 0.15) is 0 Å². The van der Waals surface area contributed by atoms with Crippen LogP contribution in [0.2, 0.25) is 0 Å². The van der Waals surface area contributed by atoms with Gasteiger partial charge in [0.25, 0.3) is 0 Å². The Labute approximate surface area is 162 Å². The molecule has 11 nitrogen and oxygen atoms in total. The van der Waals surface area contributed by atoms with E-state index >= 15 is 0 Å². The molecule has 0 radical (unpaired) electrons. The summed E-state index contributed by atoms with van der Waals surface area (Å²) in [5.74, 6) is -1.53. The summed E-state index contributed by atoms with van der Waals surface area (Å²) in [7, 11) is 0. The first kappa shape index (κ1) is 25.5. The lowest BCUT2D eigenvalue weighted by Crippen LogP contribution is -2.29. The van der Waals surface area contributed by atoms with Gasteiger partial charge in [-0.2, -0.15) is 9.78 Å². The van der Waals surface area contributed by atoms with E-state index in [4.69, 9.17) is 18.9 Å². The van der Waals surface area contributed by atoms with Crippen LogP contribution in [-0.4, -0.2) is 43.3 Å². The molecule has 0 amide bonds. The van der Waals surface area contributed by atoms with Crippen LogP contribution in [0.5, 0.6) is 0 Å². The van der Waals surface area contributed by atoms with Crippen molar-refractivity contribution in [1.29, 1.82) is 0 Å². The smallest absolute Gasteiger partial charge is 0.405 e. The molecule has 28 heavy (non-hydrogen) atoms. The Morgan fingerprint density at radius 2 is 0.964 bits per heavy atom. The standard InChI is InChI=1S/C17H26O11/c1-9(2)15(18)27-25-13(7)21-11(5)23-17(20)24-12(6)22-14(8)26-28-16(19)10(3)4/h11-14H,1,3H2,2,4-8H3. The highest BCUT2D eigenvalue weighted by atomic mass is 17.2. The van der Waals surface area contributed by atoms with E-state index in [1.54, 1.807) is 0 Å². The van der Waals surface area contributed by atoms with Crippen LogP contribution in [0.1, 0.15) is 41.5 Å². The SMILES string of the molecule is C=C(C)C(=O)OOC(C)OC(C)OC(=O)OC(C)OC(C)OOC(=O)C(=C)C. The minimum Gasteiger partial charge on any atom is -0.405 e. The summed E-state index contributed by atoms with van der Waals surface area (Å²) in [5, 5.41) is 0. The molecule has 0 aromatic rings. The molecule has 0 spiro atoms. The molecule has 0 aromatic carbocycles. The van der Waals surface area contributed by atoms with Crippen molar-refractivity contribution in [1.82, 2.24) is 0 Å². The molecule has 0 aliphatic heterocycles. The Balaban J connectivity index is 4.13. The average molecular weight is 406 g/mol. The maximum atomic E-state index is 11.7. The van der Waals surface area contributed by atoms with Crippen LogP contribution < -0.4 is 0 Å². The molecule has 0 saturated carbocycles. The van der Waals surface area contributed by atoms with Crippen molar-refractivity contribution in [2.45, 2.75) is 66.7 Å². The molecule has 160 valence electrons. The molecule has 4 unspecified atom stereocenters. The fraction of sp³-hybridized carbons (Fsp3) is 0.588. The maximum Gasteiger partial charge on any atom is 0.512 e. The van der Waals surface area contributed by atoms with Gasteiger partial charge >= 0.3 is 18.1 Å². The minimum atomic E-state index is -1.11. The molecule has 0 heterocycles. The highest BCUT2D eigenvalue weighted by Crippen LogP contribution is 2.08. The predicted molar refractivity (Wildman–Crippen MR) is 91.6 cm³/mol. The summed E-state index contributed by atoms with van der Waals surface area (Å²) in [4.78, 5) is 52.2. The van der Waals surface area contributed by atoms with Crippen molar-refractivity contribution < 1.29 is 52.9 Å². The van der Waals surface area contributed by atoms with Gasteiger partial charge in [0.15, 0.2) is 0 Å². The predicted octanol–water partition coefficient (Wildman–Crippen LogP) is 2.66. The maximum absolute atomic E-state index is 11.7. The number of carbonyl (C=O) groups excluding carboxylic acids is 3. The Hall–Kier alpha value is -2.47. The summed E-state index contributed by atoms with van der Waals surface area (Å²) in [6.07, 6.45) is -5.36. The van der Waals surface area contributed by atoms with Crippen molar-refractivity contribution in [3.05, 3.63) is 24.3 Å². The van der Waals surface area contributed by atoms with Gasteiger partial charge in [-0.1, -0.05) is 13.2 Å². The van der Waals surface area contributed by atoms with E-state index in [9.17, 15) is 14.4 Å². The zero-order valence-electron chi connectivity index (χ0n) is 16.7. The van der Waals surface area contributed by atoms with Gasteiger partial charge in [-0.3, -0.25) is 9.78 Å². The lowest BCUT2D eigenvalue weighted by molar-refractivity contribution is -0.369. The van der Waals surface area contributed by atoms with Crippen LogP contribution in [0, 0.1) is 0 Å². The van der Waals surface area contributed by atoms with Crippen LogP contribution in [0.4, 0.5) is 4.79 Å². The first-order valence-corrected chi connectivity index (χ1v) is 8.16. The van der Waals surface area contributed by atoms with Gasteiger partial charge in [0, 0.05) is 11.1 Å². The van der Waals surface area contributed by atoms with Gasteiger partial charge in [0.05, 0.1) is 0 Å². The molecule has 0 fully saturated rings. The zero-order chi connectivity index (χ0) is 21.9. The molecule has 0 saturated heterocycles. The van der Waals surface area contributed by atoms with E-state index in [1.165, 1.54) is 41.5 Å². The Morgan fingerprint density at radius 1 is 0.643 bits per heavy atom. The number of hydrogen-bond donors (Lipinski definition) is 0. The average Bonchev–Trinajstić information content (AvgIpc) is 2.56.